The zero-order valence-corrected chi connectivity index (χ0v) is 13.2. The second kappa shape index (κ2) is 5.91. The number of hydrogen-bond donors (Lipinski definition) is 1. The molecule has 1 aliphatic heterocycles. The van der Waals surface area contributed by atoms with Crippen LogP contribution in [0.4, 0.5) is 0 Å². The Hall–Kier alpha value is -1.43. The summed E-state index contributed by atoms with van der Waals surface area (Å²) in [5.74, 6) is -0.0204. The highest BCUT2D eigenvalue weighted by Gasteiger charge is 2.40. The number of piperazine rings is 1. The lowest BCUT2D eigenvalue weighted by atomic mass is 9.97. The largest absolute Gasteiger partial charge is 0.343 e. The smallest absolute Gasteiger partial charge is 0.245 e. The van der Waals surface area contributed by atoms with Gasteiger partial charge in [0.05, 0.1) is 6.54 Å². The van der Waals surface area contributed by atoms with Crippen molar-refractivity contribution in [2.24, 2.45) is 5.92 Å². The van der Waals surface area contributed by atoms with Crippen molar-refractivity contribution in [2.45, 2.75) is 52.7 Å². The van der Waals surface area contributed by atoms with E-state index in [1.165, 1.54) is 4.88 Å². The van der Waals surface area contributed by atoms with Crippen LogP contribution < -0.4 is 5.32 Å². The van der Waals surface area contributed by atoms with E-state index < -0.39 is 12.1 Å². The molecule has 110 valence electrons. The Kier molecular flexibility index (Phi) is 4.42. The summed E-state index contributed by atoms with van der Waals surface area (Å²) < 4.78 is 0. The van der Waals surface area contributed by atoms with Crippen LogP contribution in [0.3, 0.4) is 0 Å². The normalized spacial score (nSPS) is 23.4. The fraction of sp³-hybridized carbons (Fsp3) is 0.643. The average Bonchev–Trinajstić information content (AvgIpc) is 2.82. The van der Waals surface area contributed by atoms with E-state index in [9.17, 15) is 9.59 Å². The third-order valence-electron chi connectivity index (χ3n) is 3.50. The molecule has 1 N–H and O–H groups in total. The molecule has 0 aromatic carbocycles. The first-order valence-electron chi connectivity index (χ1n) is 6.98. The Morgan fingerprint density at radius 1 is 1.45 bits per heavy atom. The summed E-state index contributed by atoms with van der Waals surface area (Å²) in [6, 6.07) is -0.865. The molecule has 2 unspecified atom stereocenters. The minimum atomic E-state index is -0.455. The fourth-order valence-corrected chi connectivity index (χ4v) is 3.32. The summed E-state index contributed by atoms with van der Waals surface area (Å²) >= 11 is 1.61. The lowest BCUT2D eigenvalue weighted by molar-refractivity contribution is -0.151. The number of thiazole rings is 1. The quantitative estimate of drug-likeness (QED) is 0.917. The molecule has 0 bridgehead atoms. The Bertz CT molecular complexity index is 512. The van der Waals surface area contributed by atoms with E-state index >= 15 is 0 Å². The molecule has 20 heavy (non-hydrogen) atoms. The molecular weight excluding hydrogens is 274 g/mol. The lowest BCUT2D eigenvalue weighted by Gasteiger charge is -2.39. The predicted molar refractivity (Wildman–Crippen MR) is 78.3 cm³/mol. The summed E-state index contributed by atoms with van der Waals surface area (Å²) in [4.78, 5) is 31.7. The third kappa shape index (κ3) is 2.85. The van der Waals surface area contributed by atoms with Crippen molar-refractivity contribution >= 4 is 23.2 Å². The molecule has 2 rings (SSSR count). The number of amides is 2. The average molecular weight is 295 g/mol. The summed E-state index contributed by atoms with van der Waals surface area (Å²) in [6.45, 7) is 8.14. The SMILES string of the molecule is CCc1cnc(CN2C(=O)C(C)NC(=O)C2C(C)C)s1. The zero-order valence-electron chi connectivity index (χ0n) is 12.3. The van der Waals surface area contributed by atoms with Gasteiger partial charge in [-0.1, -0.05) is 20.8 Å². The van der Waals surface area contributed by atoms with Gasteiger partial charge in [-0.15, -0.1) is 11.3 Å². The Morgan fingerprint density at radius 2 is 2.15 bits per heavy atom. The number of carbonyl (C=O) groups excluding carboxylic acids is 2. The van der Waals surface area contributed by atoms with Crippen LogP contribution >= 0.6 is 11.3 Å². The third-order valence-corrected chi connectivity index (χ3v) is 4.63. The van der Waals surface area contributed by atoms with Gasteiger partial charge >= 0.3 is 0 Å². The number of nitrogens with zero attached hydrogens (tertiary/aromatic N) is 2. The standard InChI is InChI=1S/C14H21N3O2S/c1-5-10-6-15-11(20-10)7-17-12(8(2)3)13(18)16-9(4)14(17)19/h6,8-9,12H,5,7H2,1-4H3,(H,16,18). The van der Waals surface area contributed by atoms with Gasteiger partial charge in [0.2, 0.25) is 11.8 Å². The molecule has 1 aromatic heterocycles. The number of aromatic nitrogens is 1. The van der Waals surface area contributed by atoms with Crippen LogP contribution in [0, 0.1) is 5.92 Å². The van der Waals surface area contributed by atoms with Gasteiger partial charge in [0.15, 0.2) is 0 Å². The van der Waals surface area contributed by atoms with Crippen LogP contribution in [-0.4, -0.2) is 33.8 Å². The molecule has 2 atom stereocenters. The number of carbonyl (C=O) groups is 2. The number of nitrogens with one attached hydrogen (secondary N) is 1. The van der Waals surface area contributed by atoms with Gasteiger partial charge in [-0.2, -0.15) is 0 Å². The Labute approximate surface area is 123 Å². The molecule has 0 radical (unpaired) electrons. The van der Waals surface area contributed by atoms with E-state index in [1.54, 1.807) is 23.2 Å². The molecular formula is C14H21N3O2S. The van der Waals surface area contributed by atoms with Crippen molar-refractivity contribution in [3.63, 3.8) is 0 Å². The highest BCUT2D eigenvalue weighted by Crippen LogP contribution is 2.22. The van der Waals surface area contributed by atoms with E-state index in [4.69, 9.17) is 0 Å². The van der Waals surface area contributed by atoms with Crippen molar-refractivity contribution in [1.82, 2.24) is 15.2 Å². The molecule has 0 aliphatic carbocycles. The summed E-state index contributed by atoms with van der Waals surface area (Å²) in [7, 11) is 0. The second-order valence-corrected chi connectivity index (χ2v) is 6.66. The summed E-state index contributed by atoms with van der Waals surface area (Å²) in [5, 5.41) is 3.64. The van der Waals surface area contributed by atoms with Crippen molar-refractivity contribution in [1.29, 1.82) is 0 Å². The molecule has 0 spiro atoms. The van der Waals surface area contributed by atoms with E-state index in [1.807, 2.05) is 20.0 Å². The van der Waals surface area contributed by atoms with Crippen LogP contribution in [0.25, 0.3) is 0 Å². The van der Waals surface area contributed by atoms with Crippen LogP contribution in [0.15, 0.2) is 6.20 Å². The highest BCUT2D eigenvalue weighted by atomic mass is 32.1. The minimum Gasteiger partial charge on any atom is -0.343 e. The monoisotopic (exact) mass is 295 g/mol. The van der Waals surface area contributed by atoms with Gasteiger partial charge in [-0.3, -0.25) is 9.59 Å². The first kappa shape index (κ1) is 15.0. The van der Waals surface area contributed by atoms with Gasteiger partial charge in [-0.25, -0.2) is 4.98 Å². The van der Waals surface area contributed by atoms with Gasteiger partial charge in [0, 0.05) is 11.1 Å². The molecule has 1 saturated heterocycles. The minimum absolute atomic E-state index is 0.0310. The molecule has 6 heteroatoms. The van der Waals surface area contributed by atoms with Crippen LogP contribution in [0.1, 0.15) is 37.6 Å². The Morgan fingerprint density at radius 3 is 2.70 bits per heavy atom. The molecule has 2 amide bonds. The summed E-state index contributed by atoms with van der Waals surface area (Å²) in [6.07, 6.45) is 2.79. The van der Waals surface area contributed by atoms with Crippen LogP contribution in [-0.2, 0) is 22.6 Å². The second-order valence-electron chi connectivity index (χ2n) is 5.46. The topological polar surface area (TPSA) is 62.3 Å². The molecule has 2 heterocycles. The maximum absolute atomic E-state index is 12.4. The maximum Gasteiger partial charge on any atom is 0.245 e. The van der Waals surface area contributed by atoms with Gasteiger partial charge in [0.1, 0.15) is 17.1 Å². The van der Waals surface area contributed by atoms with Crippen molar-refractivity contribution in [3.05, 3.63) is 16.1 Å². The van der Waals surface area contributed by atoms with Crippen LogP contribution in [0.2, 0.25) is 0 Å². The molecule has 1 aromatic rings. The van der Waals surface area contributed by atoms with E-state index in [2.05, 4.69) is 17.2 Å². The Balaban J connectivity index is 2.23. The van der Waals surface area contributed by atoms with Crippen LogP contribution in [0.5, 0.6) is 0 Å². The van der Waals surface area contributed by atoms with Crippen molar-refractivity contribution in [2.75, 3.05) is 0 Å². The zero-order chi connectivity index (χ0) is 14.9. The predicted octanol–water partition coefficient (Wildman–Crippen LogP) is 1.58. The number of aryl methyl sites for hydroxylation is 1. The first-order valence-corrected chi connectivity index (χ1v) is 7.80. The number of rotatable bonds is 4. The first-order chi connectivity index (χ1) is 9.43. The van der Waals surface area contributed by atoms with Crippen molar-refractivity contribution in [3.8, 4) is 0 Å². The lowest BCUT2D eigenvalue weighted by Crippen LogP contribution is -2.63. The maximum atomic E-state index is 12.4. The highest BCUT2D eigenvalue weighted by molar-refractivity contribution is 7.11. The van der Waals surface area contributed by atoms with Gasteiger partial charge < -0.3 is 10.2 Å². The fourth-order valence-electron chi connectivity index (χ4n) is 2.46. The van der Waals surface area contributed by atoms with E-state index in [0.717, 1.165) is 11.4 Å². The van der Waals surface area contributed by atoms with E-state index in [0.29, 0.717) is 6.54 Å². The molecule has 1 fully saturated rings. The van der Waals surface area contributed by atoms with E-state index in [-0.39, 0.29) is 17.7 Å². The van der Waals surface area contributed by atoms with Crippen molar-refractivity contribution < 1.29 is 9.59 Å². The molecule has 1 aliphatic rings. The molecule has 0 saturated carbocycles. The number of hydrogen-bond acceptors (Lipinski definition) is 4. The summed E-state index contributed by atoms with van der Waals surface area (Å²) in [5.41, 5.74) is 0. The van der Waals surface area contributed by atoms with Gasteiger partial charge in [-0.05, 0) is 19.3 Å². The molecule has 5 nitrogen and oxygen atoms in total. The van der Waals surface area contributed by atoms with Gasteiger partial charge in [0.25, 0.3) is 0 Å².